The SMILES string of the molecule is c1ccc([Si](c2ccccc2)(c2ccc(-n3nc4ccccc4n3)cc2)c2ccc(-n3nc4ccccc4n3)cc2)cc1. The van der Waals surface area contributed by atoms with Crippen LogP contribution in [0.15, 0.2) is 158 Å². The minimum absolute atomic E-state index is 0.878. The molecule has 0 saturated heterocycles. The number of aromatic nitrogens is 6. The Balaban J connectivity index is 1.30. The predicted octanol–water partition coefficient (Wildman–Crippen LogP) is 4.53. The van der Waals surface area contributed by atoms with Gasteiger partial charge in [-0.05, 0) is 69.3 Å². The molecule has 0 aliphatic carbocycles. The molecule has 0 unspecified atom stereocenters. The van der Waals surface area contributed by atoms with E-state index in [1.807, 2.05) is 48.5 Å². The van der Waals surface area contributed by atoms with Gasteiger partial charge in [0.15, 0.2) is 8.07 Å². The van der Waals surface area contributed by atoms with Gasteiger partial charge < -0.3 is 0 Å². The van der Waals surface area contributed by atoms with Crippen LogP contribution in [0.3, 0.4) is 0 Å². The third kappa shape index (κ3) is 4.26. The van der Waals surface area contributed by atoms with Crippen molar-refractivity contribution >= 4 is 50.9 Å². The lowest BCUT2D eigenvalue weighted by Crippen LogP contribution is -2.74. The maximum Gasteiger partial charge on any atom is 0.179 e. The molecule has 0 atom stereocenters. The van der Waals surface area contributed by atoms with Crippen molar-refractivity contribution in [3.8, 4) is 11.4 Å². The summed E-state index contributed by atoms with van der Waals surface area (Å²) in [5, 5.41) is 24.0. The molecular weight excluding hydrogens is 545 g/mol. The van der Waals surface area contributed by atoms with Crippen molar-refractivity contribution in [2.24, 2.45) is 0 Å². The van der Waals surface area contributed by atoms with E-state index in [9.17, 15) is 0 Å². The van der Waals surface area contributed by atoms with Gasteiger partial charge in [-0.1, -0.05) is 109 Å². The average Bonchev–Trinajstić information content (AvgIpc) is 3.72. The first-order valence-electron chi connectivity index (χ1n) is 14.3. The number of rotatable bonds is 6. The normalized spacial score (nSPS) is 11.7. The van der Waals surface area contributed by atoms with Crippen LogP contribution in [0.25, 0.3) is 33.4 Å². The fraction of sp³-hybridized carbons (Fsp3) is 0. The predicted molar refractivity (Wildman–Crippen MR) is 175 cm³/mol. The first kappa shape index (κ1) is 25.1. The van der Waals surface area contributed by atoms with Crippen LogP contribution in [0, 0.1) is 0 Å². The summed E-state index contributed by atoms with van der Waals surface area (Å²) in [7, 11) is -2.71. The zero-order valence-corrected chi connectivity index (χ0v) is 24.2. The molecule has 7 heteroatoms. The highest BCUT2D eigenvalue weighted by Crippen LogP contribution is 2.16. The van der Waals surface area contributed by atoms with Crippen molar-refractivity contribution in [2.45, 2.75) is 0 Å². The summed E-state index contributed by atoms with van der Waals surface area (Å²) >= 11 is 0. The standard InChI is InChI=1S/C36H26N6Si/c1-3-11-29(12-4-1)43(30-13-5-2-6-14-30,31-23-19-27(20-24-31)41-37-33-15-7-8-16-34(33)38-41)32-25-21-28(22-26-32)42-39-35-17-9-10-18-36(35)40-42/h1-26H. The second kappa shape index (κ2) is 10.3. The zero-order chi connectivity index (χ0) is 28.6. The van der Waals surface area contributed by atoms with E-state index in [1.165, 1.54) is 20.7 Å². The molecular formula is C36H26N6Si. The lowest BCUT2D eigenvalue weighted by molar-refractivity contribution is 0.766. The molecule has 0 aliphatic rings. The van der Waals surface area contributed by atoms with E-state index in [-0.39, 0.29) is 0 Å². The summed E-state index contributed by atoms with van der Waals surface area (Å²) in [6, 6.07) is 55.3. The molecule has 8 rings (SSSR count). The highest BCUT2D eigenvalue weighted by Gasteiger charge is 2.41. The highest BCUT2D eigenvalue weighted by molar-refractivity contribution is 7.19. The lowest BCUT2D eigenvalue weighted by atomic mass is 10.3. The Morgan fingerprint density at radius 1 is 0.302 bits per heavy atom. The molecule has 43 heavy (non-hydrogen) atoms. The smallest absolute Gasteiger partial charge is 0.150 e. The van der Waals surface area contributed by atoms with Crippen LogP contribution in [0.1, 0.15) is 0 Å². The Bertz CT molecular complexity index is 1940. The van der Waals surface area contributed by atoms with Crippen molar-refractivity contribution in [1.82, 2.24) is 30.0 Å². The van der Waals surface area contributed by atoms with E-state index in [4.69, 9.17) is 20.4 Å². The molecule has 0 N–H and O–H groups in total. The van der Waals surface area contributed by atoms with Crippen LogP contribution >= 0.6 is 0 Å². The van der Waals surface area contributed by atoms with Crippen molar-refractivity contribution in [2.75, 3.05) is 0 Å². The molecule has 0 radical (unpaired) electrons. The van der Waals surface area contributed by atoms with Gasteiger partial charge in [0.1, 0.15) is 22.1 Å². The van der Waals surface area contributed by atoms with Gasteiger partial charge >= 0.3 is 0 Å². The maximum absolute atomic E-state index is 4.71. The van der Waals surface area contributed by atoms with Crippen molar-refractivity contribution in [1.29, 1.82) is 0 Å². The van der Waals surface area contributed by atoms with Crippen LogP contribution in [-0.2, 0) is 0 Å². The summed E-state index contributed by atoms with van der Waals surface area (Å²) in [5.74, 6) is 0. The minimum Gasteiger partial charge on any atom is -0.150 e. The van der Waals surface area contributed by atoms with Gasteiger partial charge in [0.25, 0.3) is 0 Å². The van der Waals surface area contributed by atoms with Gasteiger partial charge in [0.2, 0.25) is 0 Å². The van der Waals surface area contributed by atoms with Crippen molar-refractivity contribution in [3.05, 3.63) is 158 Å². The molecule has 0 spiro atoms. The third-order valence-electron chi connectivity index (χ3n) is 8.05. The molecule has 0 saturated carbocycles. The van der Waals surface area contributed by atoms with Crippen LogP contribution in [0.5, 0.6) is 0 Å². The molecule has 0 bridgehead atoms. The van der Waals surface area contributed by atoms with E-state index in [1.54, 1.807) is 9.59 Å². The molecule has 2 aromatic heterocycles. The Morgan fingerprint density at radius 3 is 0.907 bits per heavy atom. The van der Waals surface area contributed by atoms with E-state index in [2.05, 4.69) is 109 Å². The largest absolute Gasteiger partial charge is 0.179 e. The van der Waals surface area contributed by atoms with E-state index < -0.39 is 8.07 Å². The molecule has 0 fully saturated rings. The van der Waals surface area contributed by atoms with Gasteiger partial charge in [-0.15, -0.1) is 20.4 Å². The van der Waals surface area contributed by atoms with Gasteiger partial charge in [0.05, 0.1) is 11.4 Å². The second-order valence-electron chi connectivity index (χ2n) is 10.5. The van der Waals surface area contributed by atoms with Gasteiger partial charge in [-0.25, -0.2) is 0 Å². The second-order valence-corrected chi connectivity index (χ2v) is 14.3. The average molecular weight is 571 g/mol. The Morgan fingerprint density at radius 2 is 0.581 bits per heavy atom. The summed E-state index contributed by atoms with van der Waals surface area (Å²) < 4.78 is 0. The molecule has 8 aromatic rings. The minimum atomic E-state index is -2.71. The van der Waals surface area contributed by atoms with Crippen molar-refractivity contribution < 1.29 is 0 Å². The quantitative estimate of drug-likeness (QED) is 0.218. The van der Waals surface area contributed by atoms with Crippen LogP contribution in [0.2, 0.25) is 0 Å². The first-order valence-corrected chi connectivity index (χ1v) is 16.3. The van der Waals surface area contributed by atoms with Crippen LogP contribution in [-0.4, -0.2) is 38.1 Å². The summed E-state index contributed by atoms with van der Waals surface area (Å²) in [5.41, 5.74) is 5.37. The molecule has 2 heterocycles. The Labute approximate surface area is 249 Å². The van der Waals surface area contributed by atoms with E-state index >= 15 is 0 Å². The van der Waals surface area contributed by atoms with Gasteiger partial charge in [0, 0.05) is 0 Å². The zero-order valence-electron chi connectivity index (χ0n) is 23.2. The summed E-state index contributed by atoms with van der Waals surface area (Å²) in [6.07, 6.45) is 0. The Hall–Kier alpha value is -5.66. The number of benzene rings is 6. The van der Waals surface area contributed by atoms with Gasteiger partial charge in [-0.2, -0.15) is 9.59 Å². The molecule has 0 aliphatic heterocycles. The van der Waals surface area contributed by atoms with Crippen LogP contribution < -0.4 is 20.7 Å². The topological polar surface area (TPSA) is 61.4 Å². The third-order valence-corrected chi connectivity index (χ3v) is 12.8. The fourth-order valence-corrected chi connectivity index (χ4v) is 10.7. The number of fused-ring (bicyclic) bond motifs is 2. The highest BCUT2D eigenvalue weighted by atomic mass is 28.3. The summed E-state index contributed by atoms with van der Waals surface area (Å²) in [6.45, 7) is 0. The molecule has 6 aromatic carbocycles. The number of hydrogen-bond donors (Lipinski definition) is 0. The maximum atomic E-state index is 4.71. The first-order chi connectivity index (χ1) is 21.3. The Kier molecular flexibility index (Phi) is 6.01. The lowest BCUT2D eigenvalue weighted by Gasteiger charge is -2.34. The van der Waals surface area contributed by atoms with Crippen LogP contribution in [0.4, 0.5) is 0 Å². The number of nitrogens with zero attached hydrogens (tertiary/aromatic N) is 6. The fourth-order valence-electron chi connectivity index (χ4n) is 6.02. The monoisotopic (exact) mass is 570 g/mol. The van der Waals surface area contributed by atoms with E-state index in [0.717, 1.165) is 33.4 Å². The molecule has 204 valence electrons. The van der Waals surface area contributed by atoms with Crippen molar-refractivity contribution in [3.63, 3.8) is 0 Å². The van der Waals surface area contributed by atoms with Gasteiger partial charge in [-0.3, -0.25) is 0 Å². The van der Waals surface area contributed by atoms with E-state index in [0.29, 0.717) is 0 Å². The summed E-state index contributed by atoms with van der Waals surface area (Å²) in [4.78, 5) is 3.44. The molecule has 0 amide bonds. The molecule has 6 nitrogen and oxygen atoms in total. The number of hydrogen-bond acceptors (Lipinski definition) is 4.